The van der Waals surface area contributed by atoms with Crippen molar-refractivity contribution < 1.29 is 30.0 Å². The first-order valence-corrected chi connectivity index (χ1v) is 12.5. The second-order valence-corrected chi connectivity index (χ2v) is 12.2. The smallest absolute Gasteiger partial charge is 0.164 e. The zero-order valence-electron chi connectivity index (χ0n) is 23.0. The SMILES string of the molecule is CC(C)(C)C(=O)/C=C(\O)C(C)(C)C.CC1(C)c2ccc[c-]c2-c2nccc3cc4ccccc4c1c23.[Ir]. The van der Waals surface area contributed by atoms with Crippen LogP contribution in [0.1, 0.15) is 66.5 Å². The number of ketones is 1. The summed E-state index contributed by atoms with van der Waals surface area (Å²) in [6.45, 7) is 15.7. The van der Waals surface area contributed by atoms with Crippen molar-refractivity contribution in [2.24, 2.45) is 10.8 Å². The Balaban J connectivity index is 0.000000237. The van der Waals surface area contributed by atoms with Crippen molar-refractivity contribution in [1.82, 2.24) is 4.98 Å². The first-order chi connectivity index (χ1) is 16.7. The maximum atomic E-state index is 11.5. The molecule has 195 valence electrons. The van der Waals surface area contributed by atoms with Gasteiger partial charge >= 0.3 is 0 Å². The number of pyridine rings is 1. The molecule has 1 aromatic heterocycles. The van der Waals surface area contributed by atoms with Crippen LogP contribution < -0.4 is 0 Å². The molecule has 0 unspecified atom stereocenters. The van der Waals surface area contributed by atoms with Gasteiger partial charge in [-0.05, 0) is 50.4 Å². The molecule has 1 radical (unpaired) electrons. The van der Waals surface area contributed by atoms with Gasteiger partial charge in [-0.15, -0.1) is 35.4 Å². The third kappa shape index (κ3) is 5.42. The fourth-order valence-corrected chi connectivity index (χ4v) is 4.70. The Hall–Kier alpha value is -2.81. The summed E-state index contributed by atoms with van der Waals surface area (Å²) in [7, 11) is 0. The second-order valence-electron chi connectivity index (χ2n) is 12.2. The van der Waals surface area contributed by atoms with Crippen LogP contribution in [0.3, 0.4) is 0 Å². The maximum Gasteiger partial charge on any atom is 0.164 e. The summed E-state index contributed by atoms with van der Waals surface area (Å²) in [5, 5.41) is 14.7. The summed E-state index contributed by atoms with van der Waals surface area (Å²) in [6.07, 6.45) is 3.25. The molecule has 0 saturated carbocycles. The van der Waals surface area contributed by atoms with Gasteiger partial charge in [-0.1, -0.05) is 79.7 Å². The topological polar surface area (TPSA) is 50.2 Å². The Bertz CT molecular complexity index is 1500. The summed E-state index contributed by atoms with van der Waals surface area (Å²) in [5.41, 5.74) is 4.08. The number of benzene rings is 3. The number of nitrogens with zero attached hydrogens (tertiary/aromatic N) is 1. The van der Waals surface area contributed by atoms with Gasteiger partial charge in [-0.2, -0.15) is 0 Å². The average Bonchev–Trinajstić information content (AvgIpc) is 2.80. The van der Waals surface area contributed by atoms with Crippen LogP contribution in [0.5, 0.6) is 0 Å². The minimum absolute atomic E-state index is 0. The predicted molar refractivity (Wildman–Crippen MR) is 150 cm³/mol. The van der Waals surface area contributed by atoms with E-state index in [1.807, 2.05) is 53.8 Å². The largest absolute Gasteiger partial charge is 0.512 e. The molecule has 3 nitrogen and oxygen atoms in total. The van der Waals surface area contributed by atoms with Crippen molar-refractivity contribution in [3.05, 3.63) is 89.8 Å². The molecule has 0 fully saturated rings. The molecular formula is C33H36IrNO2-. The Morgan fingerprint density at radius 1 is 0.946 bits per heavy atom. The number of carbonyl (C=O) groups excluding carboxylic acids is 1. The van der Waals surface area contributed by atoms with Gasteiger partial charge in [0, 0.05) is 43.2 Å². The quantitative estimate of drug-likeness (QED) is 0.0956. The first-order valence-electron chi connectivity index (χ1n) is 12.5. The van der Waals surface area contributed by atoms with Crippen molar-refractivity contribution >= 4 is 27.3 Å². The Labute approximate surface area is 234 Å². The predicted octanol–water partition coefficient (Wildman–Crippen LogP) is 8.58. The Morgan fingerprint density at radius 2 is 1.62 bits per heavy atom. The molecule has 3 aromatic carbocycles. The number of aromatic nitrogens is 1. The number of rotatable bonds is 1. The van der Waals surface area contributed by atoms with E-state index in [0.29, 0.717) is 0 Å². The molecule has 37 heavy (non-hydrogen) atoms. The van der Waals surface area contributed by atoms with Crippen molar-refractivity contribution in [2.75, 3.05) is 0 Å². The minimum Gasteiger partial charge on any atom is -0.512 e. The minimum atomic E-state index is -0.417. The molecule has 0 saturated heterocycles. The normalized spacial score (nSPS) is 14.3. The summed E-state index contributed by atoms with van der Waals surface area (Å²) < 4.78 is 0. The van der Waals surface area contributed by atoms with E-state index in [4.69, 9.17) is 4.98 Å². The molecule has 1 aliphatic carbocycles. The summed E-state index contributed by atoms with van der Waals surface area (Å²) in [5.74, 6) is 0.104. The molecule has 1 N–H and O–H groups in total. The van der Waals surface area contributed by atoms with Gasteiger partial charge in [0.2, 0.25) is 0 Å². The van der Waals surface area contributed by atoms with E-state index in [9.17, 15) is 9.90 Å². The number of aliphatic hydroxyl groups excluding tert-OH is 1. The Kier molecular flexibility index (Phi) is 7.89. The summed E-state index contributed by atoms with van der Waals surface area (Å²) in [6, 6.07) is 22.8. The van der Waals surface area contributed by atoms with E-state index in [2.05, 4.69) is 68.4 Å². The van der Waals surface area contributed by atoms with E-state index in [-0.39, 0.29) is 42.5 Å². The maximum absolute atomic E-state index is 11.5. The van der Waals surface area contributed by atoms with E-state index in [1.165, 1.54) is 38.7 Å². The Morgan fingerprint density at radius 3 is 2.27 bits per heavy atom. The standard InChI is InChI=1S/C22H16N.C11H20O2.Ir/c1-22(2)18-10-6-5-9-17(18)21-19-15(11-12-23-21)13-14-7-3-4-8-16(14)20(19)22;1-10(2,3)8(12)7-9(13)11(4,5)6;/h3-8,10-13H,1-2H3;7,12H,1-6H3;/q-1;;/b;8-7-;. The molecule has 0 atom stereocenters. The van der Waals surface area contributed by atoms with Crippen molar-refractivity contribution in [3.8, 4) is 11.3 Å². The van der Waals surface area contributed by atoms with Gasteiger partial charge in [-0.3, -0.25) is 4.79 Å². The van der Waals surface area contributed by atoms with Gasteiger partial charge in [-0.25, -0.2) is 0 Å². The molecular weight excluding hydrogens is 635 g/mol. The van der Waals surface area contributed by atoms with Crippen LogP contribution in [0.25, 0.3) is 32.8 Å². The van der Waals surface area contributed by atoms with E-state index < -0.39 is 5.41 Å². The molecule has 1 heterocycles. The third-order valence-corrected chi connectivity index (χ3v) is 6.94. The van der Waals surface area contributed by atoms with Crippen LogP contribution in [0.15, 0.2) is 72.6 Å². The first kappa shape index (κ1) is 28.8. The van der Waals surface area contributed by atoms with Gasteiger partial charge in [0.05, 0.1) is 0 Å². The molecule has 0 amide bonds. The second kappa shape index (κ2) is 10.2. The number of hydrogen-bond donors (Lipinski definition) is 1. The van der Waals surface area contributed by atoms with Gasteiger partial charge in [0.25, 0.3) is 0 Å². The van der Waals surface area contributed by atoms with E-state index in [1.54, 1.807) is 0 Å². The van der Waals surface area contributed by atoms with E-state index in [0.717, 1.165) is 11.3 Å². The van der Waals surface area contributed by atoms with Crippen LogP contribution in [0.2, 0.25) is 0 Å². The van der Waals surface area contributed by atoms with Gasteiger partial charge in [0.15, 0.2) is 5.78 Å². The van der Waals surface area contributed by atoms with Crippen LogP contribution in [-0.4, -0.2) is 15.9 Å². The number of allylic oxidation sites excluding steroid dienone is 2. The van der Waals surface area contributed by atoms with Crippen LogP contribution in [0, 0.1) is 16.9 Å². The summed E-state index contributed by atoms with van der Waals surface area (Å²) in [4.78, 5) is 16.2. The van der Waals surface area contributed by atoms with Crippen molar-refractivity contribution in [3.63, 3.8) is 0 Å². The number of hydrogen-bond acceptors (Lipinski definition) is 3. The monoisotopic (exact) mass is 671 g/mol. The van der Waals surface area contributed by atoms with E-state index >= 15 is 0 Å². The fourth-order valence-electron chi connectivity index (χ4n) is 4.70. The number of fused-ring (bicyclic) bond motifs is 4. The number of aliphatic hydroxyl groups is 1. The third-order valence-electron chi connectivity index (χ3n) is 6.94. The van der Waals surface area contributed by atoms with Gasteiger partial charge < -0.3 is 10.1 Å². The fraction of sp³-hybridized carbons (Fsp3) is 0.333. The van der Waals surface area contributed by atoms with Crippen LogP contribution >= 0.6 is 0 Å². The average molecular weight is 671 g/mol. The number of carbonyl (C=O) groups is 1. The van der Waals surface area contributed by atoms with Crippen molar-refractivity contribution in [2.45, 2.75) is 60.8 Å². The molecule has 5 rings (SSSR count). The summed E-state index contributed by atoms with van der Waals surface area (Å²) >= 11 is 0. The van der Waals surface area contributed by atoms with Gasteiger partial charge in [0.1, 0.15) is 5.76 Å². The van der Waals surface area contributed by atoms with Crippen molar-refractivity contribution in [1.29, 1.82) is 0 Å². The van der Waals surface area contributed by atoms with Crippen LogP contribution in [0.4, 0.5) is 0 Å². The molecule has 0 spiro atoms. The molecule has 4 aromatic rings. The molecule has 1 aliphatic rings. The zero-order chi connectivity index (χ0) is 26.5. The van der Waals surface area contributed by atoms with Crippen LogP contribution in [-0.2, 0) is 30.3 Å². The molecule has 0 bridgehead atoms. The zero-order valence-corrected chi connectivity index (χ0v) is 25.4. The molecule has 0 aliphatic heterocycles. The molecule has 4 heteroatoms.